The number of nitrogens with zero attached hydrogens (tertiary/aromatic N) is 5. The number of amides is 2. The third-order valence-corrected chi connectivity index (χ3v) is 6.59. The van der Waals surface area contributed by atoms with E-state index in [0.29, 0.717) is 58.7 Å². The average Bonchev–Trinajstić information content (AvgIpc) is 3.59. The van der Waals surface area contributed by atoms with Crippen molar-refractivity contribution in [3.63, 3.8) is 0 Å². The number of aromatic nitrogens is 4. The minimum Gasteiger partial charge on any atom is -0.496 e. The molecule has 1 saturated heterocycles. The number of fused-ring (bicyclic) bond motifs is 1. The normalized spacial score (nSPS) is 15.2. The van der Waals surface area contributed by atoms with Crippen LogP contribution >= 0.6 is 0 Å². The quantitative estimate of drug-likeness (QED) is 0.332. The highest BCUT2D eigenvalue weighted by molar-refractivity contribution is 6.06. The van der Waals surface area contributed by atoms with Crippen molar-refractivity contribution < 1.29 is 19.1 Å². The average molecular weight is 528 g/mol. The van der Waals surface area contributed by atoms with Crippen molar-refractivity contribution in [2.75, 3.05) is 38.4 Å². The summed E-state index contributed by atoms with van der Waals surface area (Å²) in [5.74, 6) is 1.35. The number of hydrogen-bond donors (Lipinski definition) is 2. The fourth-order valence-electron chi connectivity index (χ4n) is 4.81. The van der Waals surface area contributed by atoms with Gasteiger partial charge in [-0.05, 0) is 37.1 Å². The van der Waals surface area contributed by atoms with Crippen LogP contribution in [0.2, 0.25) is 0 Å². The molecule has 1 aromatic carbocycles. The predicted octanol–water partition coefficient (Wildman–Crippen LogP) is 3.50. The summed E-state index contributed by atoms with van der Waals surface area (Å²) in [5.41, 5.74) is 8.58. The molecule has 200 valence electrons. The van der Waals surface area contributed by atoms with Crippen LogP contribution in [0.3, 0.4) is 0 Å². The lowest BCUT2D eigenvalue weighted by molar-refractivity contribution is -0.127. The first-order valence-electron chi connectivity index (χ1n) is 12.5. The van der Waals surface area contributed by atoms with Gasteiger partial charge in [-0.25, -0.2) is 15.0 Å². The summed E-state index contributed by atoms with van der Waals surface area (Å²) in [6.07, 6.45) is 9.87. The molecule has 11 heteroatoms. The molecule has 1 atom stereocenters. The van der Waals surface area contributed by atoms with Crippen molar-refractivity contribution in [1.82, 2.24) is 24.3 Å². The maximum atomic E-state index is 13.0. The van der Waals surface area contributed by atoms with Crippen LogP contribution in [0.15, 0.2) is 67.1 Å². The van der Waals surface area contributed by atoms with E-state index in [1.165, 1.54) is 13.2 Å². The van der Waals surface area contributed by atoms with Gasteiger partial charge in [0.25, 0.3) is 5.91 Å². The van der Waals surface area contributed by atoms with E-state index in [2.05, 4.69) is 15.3 Å². The number of benzene rings is 1. The van der Waals surface area contributed by atoms with Crippen molar-refractivity contribution in [3.05, 3.63) is 78.5 Å². The molecule has 1 aliphatic heterocycles. The van der Waals surface area contributed by atoms with Gasteiger partial charge < -0.3 is 25.4 Å². The zero-order valence-corrected chi connectivity index (χ0v) is 21.7. The molecule has 39 heavy (non-hydrogen) atoms. The van der Waals surface area contributed by atoms with Crippen LogP contribution in [0, 0.1) is 0 Å². The first-order chi connectivity index (χ1) is 19.0. The van der Waals surface area contributed by atoms with Crippen molar-refractivity contribution in [2.45, 2.75) is 18.9 Å². The van der Waals surface area contributed by atoms with Gasteiger partial charge in [0.1, 0.15) is 34.4 Å². The molecule has 5 rings (SSSR count). The Morgan fingerprint density at radius 2 is 2.05 bits per heavy atom. The van der Waals surface area contributed by atoms with E-state index in [4.69, 9.17) is 20.2 Å². The number of anilines is 2. The Kier molecular flexibility index (Phi) is 7.50. The highest BCUT2D eigenvalue weighted by Gasteiger charge is 2.33. The minimum atomic E-state index is -0.352. The van der Waals surface area contributed by atoms with Gasteiger partial charge in [0.05, 0.1) is 25.3 Å². The van der Waals surface area contributed by atoms with Crippen LogP contribution < -0.4 is 15.8 Å². The molecule has 2 amide bonds. The summed E-state index contributed by atoms with van der Waals surface area (Å²) in [6.45, 7) is 0.986. The highest BCUT2D eigenvalue weighted by atomic mass is 16.5. The van der Waals surface area contributed by atoms with Crippen molar-refractivity contribution in [3.8, 4) is 17.0 Å². The van der Waals surface area contributed by atoms with Gasteiger partial charge in [-0.1, -0.05) is 18.2 Å². The Bertz CT molecular complexity index is 1530. The summed E-state index contributed by atoms with van der Waals surface area (Å²) >= 11 is 0. The van der Waals surface area contributed by atoms with E-state index >= 15 is 0 Å². The number of carbonyl (C=O) groups excluding carboxylic acids is 2. The van der Waals surface area contributed by atoms with Crippen LogP contribution in [0.5, 0.6) is 5.75 Å². The van der Waals surface area contributed by atoms with Crippen LogP contribution in [-0.2, 0) is 9.53 Å². The third kappa shape index (κ3) is 5.16. The first kappa shape index (κ1) is 25.9. The lowest BCUT2D eigenvalue weighted by Crippen LogP contribution is -2.30. The van der Waals surface area contributed by atoms with Gasteiger partial charge >= 0.3 is 0 Å². The van der Waals surface area contributed by atoms with Crippen molar-refractivity contribution >= 4 is 29.0 Å². The number of nitrogen functional groups attached to an aromatic ring is 1. The number of rotatable bonds is 8. The number of likely N-dealkylation sites (tertiary alicyclic amines) is 1. The fourth-order valence-corrected chi connectivity index (χ4v) is 4.81. The number of imidazole rings is 1. The summed E-state index contributed by atoms with van der Waals surface area (Å²) in [7, 11) is 3.08. The molecule has 0 spiro atoms. The molecule has 0 bridgehead atoms. The lowest BCUT2D eigenvalue weighted by atomic mass is 10.1. The zero-order chi connectivity index (χ0) is 27.4. The maximum absolute atomic E-state index is 13.0. The van der Waals surface area contributed by atoms with Crippen molar-refractivity contribution in [2.24, 2.45) is 0 Å². The molecule has 0 saturated carbocycles. The first-order valence-corrected chi connectivity index (χ1v) is 12.5. The minimum absolute atomic E-state index is 0.0974. The van der Waals surface area contributed by atoms with Gasteiger partial charge in [-0.2, -0.15) is 0 Å². The molecular formula is C28H29N7O4. The van der Waals surface area contributed by atoms with Crippen LogP contribution in [-0.4, -0.2) is 63.4 Å². The summed E-state index contributed by atoms with van der Waals surface area (Å²) < 4.78 is 12.5. The summed E-state index contributed by atoms with van der Waals surface area (Å²) in [6, 6.07) is 10.2. The van der Waals surface area contributed by atoms with Crippen LogP contribution in [0.25, 0.3) is 16.8 Å². The number of carbonyl (C=O) groups is 2. The molecule has 4 heterocycles. The fraction of sp³-hybridized carbons (Fsp3) is 0.250. The van der Waals surface area contributed by atoms with E-state index in [9.17, 15) is 9.59 Å². The highest BCUT2D eigenvalue weighted by Crippen LogP contribution is 2.37. The molecule has 11 nitrogen and oxygen atoms in total. The van der Waals surface area contributed by atoms with E-state index in [0.717, 1.165) is 12.8 Å². The van der Waals surface area contributed by atoms with E-state index in [1.807, 2.05) is 9.30 Å². The largest absolute Gasteiger partial charge is 0.496 e. The number of methoxy groups -OCH3 is 2. The van der Waals surface area contributed by atoms with Gasteiger partial charge in [0, 0.05) is 43.9 Å². The smallest absolute Gasteiger partial charge is 0.260 e. The number of pyridine rings is 1. The Morgan fingerprint density at radius 3 is 2.82 bits per heavy atom. The van der Waals surface area contributed by atoms with Gasteiger partial charge in [-0.3, -0.25) is 14.0 Å². The molecule has 0 aliphatic carbocycles. The van der Waals surface area contributed by atoms with E-state index in [1.54, 1.807) is 68.2 Å². The number of nitrogens with two attached hydrogens (primary N) is 1. The molecule has 4 aromatic rings. The maximum Gasteiger partial charge on any atom is 0.260 e. The topological polar surface area (TPSA) is 137 Å². The standard InChI is InChI=1S/C28H29N7O4/c1-38-16-6-9-23(36)34-14-5-7-20(34)27-33-24(25-26(29)31-13-15-35(25)27)18-10-11-19(21(17-18)39-2)28(37)32-22-8-3-4-12-30-22/h3-4,6,8-13,15,17,20H,5,7,14,16H2,1-2H3,(H2,29,31)(H,30,32,37). The predicted molar refractivity (Wildman–Crippen MR) is 146 cm³/mol. The second kappa shape index (κ2) is 11.3. The second-order valence-electron chi connectivity index (χ2n) is 8.98. The Hall–Kier alpha value is -4.77. The molecule has 0 radical (unpaired) electrons. The number of nitrogens with one attached hydrogen (secondary N) is 1. The number of hydrogen-bond acceptors (Lipinski definition) is 8. The molecule has 1 fully saturated rings. The van der Waals surface area contributed by atoms with Crippen LogP contribution in [0.1, 0.15) is 35.1 Å². The van der Waals surface area contributed by atoms with Crippen molar-refractivity contribution in [1.29, 1.82) is 0 Å². The lowest BCUT2D eigenvalue weighted by Gasteiger charge is -2.22. The van der Waals surface area contributed by atoms with Crippen LogP contribution in [0.4, 0.5) is 11.6 Å². The molecule has 1 aliphatic rings. The molecular weight excluding hydrogens is 498 g/mol. The summed E-state index contributed by atoms with van der Waals surface area (Å²) in [4.78, 5) is 41.1. The van der Waals surface area contributed by atoms with Gasteiger partial charge in [0.2, 0.25) is 5.91 Å². The second-order valence-corrected chi connectivity index (χ2v) is 8.98. The molecule has 1 unspecified atom stereocenters. The Balaban J connectivity index is 1.53. The van der Waals surface area contributed by atoms with Gasteiger partial charge in [-0.15, -0.1) is 0 Å². The molecule has 3 aromatic heterocycles. The van der Waals surface area contributed by atoms with Gasteiger partial charge in [0.15, 0.2) is 0 Å². The van der Waals surface area contributed by atoms with E-state index in [-0.39, 0.29) is 17.9 Å². The van der Waals surface area contributed by atoms with E-state index < -0.39 is 0 Å². The Labute approximate surface area is 225 Å². The third-order valence-electron chi connectivity index (χ3n) is 6.59. The monoisotopic (exact) mass is 527 g/mol. The Morgan fingerprint density at radius 1 is 1.18 bits per heavy atom. The number of ether oxygens (including phenoxy) is 2. The summed E-state index contributed by atoms with van der Waals surface area (Å²) in [5, 5.41) is 2.78. The molecule has 3 N–H and O–H groups in total. The SMILES string of the molecule is COCC=CC(=O)N1CCCC1c1nc(-c2ccc(C(=O)Nc3ccccn3)c(OC)c2)c2c(N)nccn12. The zero-order valence-electron chi connectivity index (χ0n) is 21.7.